The van der Waals surface area contributed by atoms with Crippen molar-refractivity contribution in [1.82, 2.24) is 25.2 Å². The molecule has 0 radical (unpaired) electrons. The number of aromatic amines is 1. The van der Waals surface area contributed by atoms with Crippen LogP contribution in [0.15, 0.2) is 35.0 Å². The van der Waals surface area contributed by atoms with Gasteiger partial charge in [-0.1, -0.05) is 25.1 Å². The van der Waals surface area contributed by atoms with Crippen LogP contribution in [0.25, 0.3) is 0 Å². The third kappa shape index (κ3) is 6.81. The zero-order valence-corrected chi connectivity index (χ0v) is 20.9. The van der Waals surface area contributed by atoms with Crippen LogP contribution in [0.5, 0.6) is 5.75 Å². The lowest BCUT2D eigenvalue weighted by Crippen LogP contribution is -2.37. The predicted octanol–water partition coefficient (Wildman–Crippen LogP) is 3.32. The summed E-state index contributed by atoms with van der Waals surface area (Å²) < 4.78 is 31.5. The van der Waals surface area contributed by atoms with Gasteiger partial charge in [0.1, 0.15) is 18.2 Å². The Hall–Kier alpha value is -3.47. The number of amides is 1. The Labute approximate surface area is 209 Å². The van der Waals surface area contributed by atoms with E-state index in [0.717, 1.165) is 31.6 Å². The molecule has 3 aromatic rings. The van der Waals surface area contributed by atoms with E-state index in [1.807, 2.05) is 13.8 Å². The molecule has 0 aliphatic carbocycles. The first kappa shape index (κ1) is 25.6. The van der Waals surface area contributed by atoms with Crippen molar-refractivity contribution < 1.29 is 23.2 Å². The lowest BCUT2D eigenvalue weighted by atomic mass is 10.1. The molecule has 1 amide bonds. The third-order valence-electron chi connectivity index (χ3n) is 6.12. The summed E-state index contributed by atoms with van der Waals surface area (Å²) in [6.45, 7) is 6.74. The molecule has 10 nitrogen and oxygen atoms in total. The maximum absolute atomic E-state index is 14.6. The first-order valence-electron chi connectivity index (χ1n) is 12.2. The third-order valence-corrected chi connectivity index (χ3v) is 6.12. The molecule has 4 rings (SSSR count). The van der Waals surface area contributed by atoms with Gasteiger partial charge < -0.3 is 23.8 Å². The van der Waals surface area contributed by atoms with Crippen LogP contribution in [-0.4, -0.2) is 70.6 Å². The number of hydrogen-bond donors (Lipinski definition) is 1. The van der Waals surface area contributed by atoms with Gasteiger partial charge in [-0.3, -0.25) is 9.89 Å². The maximum atomic E-state index is 14.6. The fourth-order valence-electron chi connectivity index (χ4n) is 3.95. The highest BCUT2D eigenvalue weighted by molar-refractivity contribution is 5.78. The van der Waals surface area contributed by atoms with E-state index in [1.54, 1.807) is 31.4 Å². The van der Waals surface area contributed by atoms with E-state index in [-0.39, 0.29) is 24.3 Å². The summed E-state index contributed by atoms with van der Waals surface area (Å²) in [6.07, 6.45) is 3.43. The van der Waals surface area contributed by atoms with Crippen LogP contribution in [0.1, 0.15) is 49.7 Å². The van der Waals surface area contributed by atoms with Crippen LogP contribution in [-0.2, 0) is 22.5 Å². The summed E-state index contributed by atoms with van der Waals surface area (Å²) in [4.78, 5) is 20.5. The Morgan fingerprint density at radius 1 is 1.28 bits per heavy atom. The largest absolute Gasteiger partial charge is 0.491 e. The molecule has 1 N–H and O–H groups in total. The molecule has 194 valence electrons. The van der Waals surface area contributed by atoms with Gasteiger partial charge in [-0.25, -0.2) is 4.39 Å². The van der Waals surface area contributed by atoms with E-state index in [2.05, 4.69) is 25.2 Å². The van der Waals surface area contributed by atoms with E-state index in [4.69, 9.17) is 14.0 Å². The molecular formula is C25H33FN6O4. The normalized spacial score (nSPS) is 14.4. The number of nitrogens with one attached hydrogen (secondary N) is 1. The minimum Gasteiger partial charge on any atom is -0.491 e. The number of halogens is 1. The molecular weight excluding hydrogens is 467 g/mol. The Bertz CT molecular complexity index is 1110. The standard InChI is InChI=1S/C25H33FN6O4/c1-17(2)24-28-25(36-30-24)32-10-7-20(8-11-32)34-12-13-35-21-5-4-18(22(26)15-21)14-23(33)31(3)16-19-6-9-27-29-19/h4-6,9,15,17,20H,7-8,10-14,16H2,1-3H3,(H,27,29). The van der Waals surface area contributed by atoms with Crippen LogP contribution >= 0.6 is 0 Å². The number of H-pyrrole nitrogens is 1. The molecule has 36 heavy (non-hydrogen) atoms. The Kier molecular flexibility index (Phi) is 8.52. The Morgan fingerprint density at radius 2 is 2.08 bits per heavy atom. The second-order valence-corrected chi connectivity index (χ2v) is 9.26. The number of nitrogens with zero attached hydrogens (tertiary/aromatic N) is 5. The molecule has 1 fully saturated rings. The minimum atomic E-state index is -0.467. The number of aromatic nitrogens is 4. The number of carbonyl (C=O) groups excluding carboxylic acids is 1. The molecule has 11 heteroatoms. The van der Waals surface area contributed by atoms with Crippen LogP contribution in [0.2, 0.25) is 0 Å². The molecule has 0 saturated carbocycles. The molecule has 1 aliphatic heterocycles. The van der Waals surface area contributed by atoms with Gasteiger partial charge in [0.05, 0.1) is 31.4 Å². The fraction of sp³-hybridized carbons (Fsp3) is 0.520. The zero-order valence-electron chi connectivity index (χ0n) is 20.9. The smallest absolute Gasteiger partial charge is 0.324 e. The molecule has 1 aromatic carbocycles. The van der Waals surface area contributed by atoms with Crippen molar-refractivity contribution in [3.63, 3.8) is 0 Å². The molecule has 0 atom stereocenters. The average molecular weight is 501 g/mol. The van der Waals surface area contributed by atoms with Gasteiger partial charge in [-0.05, 0) is 30.5 Å². The lowest BCUT2D eigenvalue weighted by molar-refractivity contribution is -0.129. The number of rotatable bonds is 11. The highest BCUT2D eigenvalue weighted by Crippen LogP contribution is 2.22. The molecule has 2 aromatic heterocycles. The number of benzene rings is 1. The number of piperidine rings is 1. The van der Waals surface area contributed by atoms with Crippen LogP contribution in [0, 0.1) is 5.82 Å². The summed E-state index contributed by atoms with van der Waals surface area (Å²) in [5.41, 5.74) is 1.14. The monoisotopic (exact) mass is 500 g/mol. The summed E-state index contributed by atoms with van der Waals surface area (Å²) in [7, 11) is 1.68. The highest BCUT2D eigenvalue weighted by Gasteiger charge is 2.24. The van der Waals surface area contributed by atoms with Crippen molar-refractivity contribution in [3.05, 3.63) is 53.4 Å². The van der Waals surface area contributed by atoms with Crippen molar-refractivity contribution in [1.29, 1.82) is 0 Å². The van der Waals surface area contributed by atoms with E-state index >= 15 is 0 Å². The topological polar surface area (TPSA) is 110 Å². The van der Waals surface area contributed by atoms with Crippen molar-refractivity contribution in [3.8, 4) is 5.75 Å². The predicted molar refractivity (Wildman–Crippen MR) is 130 cm³/mol. The molecule has 0 spiro atoms. The first-order valence-corrected chi connectivity index (χ1v) is 12.2. The van der Waals surface area contributed by atoms with Gasteiger partial charge in [0, 0.05) is 38.3 Å². The molecule has 0 bridgehead atoms. The molecule has 1 saturated heterocycles. The van der Waals surface area contributed by atoms with Crippen LogP contribution in [0.3, 0.4) is 0 Å². The number of carbonyl (C=O) groups is 1. The van der Waals surface area contributed by atoms with Gasteiger partial charge in [-0.2, -0.15) is 10.1 Å². The maximum Gasteiger partial charge on any atom is 0.324 e. The lowest BCUT2D eigenvalue weighted by Gasteiger charge is -2.30. The minimum absolute atomic E-state index is 0.0269. The van der Waals surface area contributed by atoms with Gasteiger partial charge in [0.15, 0.2) is 5.82 Å². The summed E-state index contributed by atoms with van der Waals surface area (Å²) in [5, 5.41) is 10.7. The van der Waals surface area contributed by atoms with Crippen LogP contribution < -0.4 is 9.64 Å². The van der Waals surface area contributed by atoms with E-state index in [9.17, 15) is 9.18 Å². The summed E-state index contributed by atoms with van der Waals surface area (Å²) >= 11 is 0. The van der Waals surface area contributed by atoms with Gasteiger partial charge >= 0.3 is 6.01 Å². The second kappa shape index (κ2) is 12.0. The molecule has 0 unspecified atom stereocenters. The van der Waals surface area contributed by atoms with Crippen molar-refractivity contribution in [2.45, 2.75) is 51.7 Å². The van der Waals surface area contributed by atoms with Gasteiger partial charge in [-0.15, -0.1) is 0 Å². The van der Waals surface area contributed by atoms with Gasteiger partial charge in [0.2, 0.25) is 5.91 Å². The summed E-state index contributed by atoms with van der Waals surface area (Å²) in [6, 6.07) is 6.94. The summed E-state index contributed by atoms with van der Waals surface area (Å²) in [5.74, 6) is 0.705. The highest BCUT2D eigenvalue weighted by atomic mass is 19.1. The van der Waals surface area contributed by atoms with E-state index < -0.39 is 5.82 Å². The first-order chi connectivity index (χ1) is 17.4. The van der Waals surface area contributed by atoms with Gasteiger partial charge in [0.25, 0.3) is 0 Å². The quantitative estimate of drug-likeness (QED) is 0.400. The molecule has 3 heterocycles. The number of anilines is 1. The Balaban J connectivity index is 1.15. The van der Waals surface area contributed by atoms with E-state index in [0.29, 0.717) is 42.9 Å². The number of hydrogen-bond acceptors (Lipinski definition) is 8. The van der Waals surface area contributed by atoms with Crippen molar-refractivity contribution in [2.24, 2.45) is 0 Å². The van der Waals surface area contributed by atoms with Crippen molar-refractivity contribution in [2.75, 3.05) is 38.3 Å². The number of likely N-dealkylation sites (N-methyl/N-ethyl adjacent to an activating group) is 1. The van der Waals surface area contributed by atoms with Crippen molar-refractivity contribution >= 4 is 11.9 Å². The van der Waals surface area contributed by atoms with E-state index in [1.165, 1.54) is 11.0 Å². The van der Waals surface area contributed by atoms with Crippen LogP contribution in [0.4, 0.5) is 10.4 Å². The fourth-order valence-corrected chi connectivity index (χ4v) is 3.95. The molecule has 1 aliphatic rings. The Morgan fingerprint density at radius 3 is 2.75 bits per heavy atom. The number of ether oxygens (including phenoxy) is 2. The average Bonchev–Trinajstić information content (AvgIpc) is 3.56. The SMILES string of the molecule is CC(C)c1noc(N2CCC(OCCOc3ccc(CC(=O)N(C)Cc4ccn[nH]4)c(F)c3)CC2)n1. The zero-order chi connectivity index (χ0) is 25.5. The second-order valence-electron chi connectivity index (χ2n) is 9.26.